The number of allylic oxidation sites excluding steroid dienone is 4. The maximum atomic E-state index is 13.3. The lowest BCUT2D eigenvalue weighted by Gasteiger charge is -2.61. The number of Topliss-reactive ketones (excluding diaryl/α,β-unsaturated/α-hetero) is 1. The second kappa shape index (κ2) is 11.5. The minimum Gasteiger partial charge on any atom is -0.426 e. The number of carbonyl (C=O) groups excluding carboxylic acids is 2. The van der Waals surface area contributed by atoms with Gasteiger partial charge in [-0.05, 0) is 79.1 Å². The van der Waals surface area contributed by atoms with Crippen LogP contribution in [0.1, 0.15) is 133 Å². The maximum absolute atomic E-state index is 13.3. The summed E-state index contributed by atoms with van der Waals surface area (Å²) in [6.45, 7) is 25.8. The van der Waals surface area contributed by atoms with E-state index in [2.05, 4.69) is 71.7 Å². The number of aromatic nitrogens is 2. The van der Waals surface area contributed by atoms with E-state index in [-0.39, 0.29) is 44.7 Å². The molecule has 2 aliphatic carbocycles. The third-order valence-electron chi connectivity index (χ3n) is 11.8. The highest BCUT2D eigenvalue weighted by molar-refractivity contribution is 6.04. The van der Waals surface area contributed by atoms with Gasteiger partial charge in [0, 0.05) is 24.2 Å². The molecule has 0 saturated heterocycles. The average Bonchev–Trinajstić information content (AvgIpc) is 3.30. The highest BCUT2D eigenvalue weighted by Gasteiger charge is 2.61. The Bertz CT molecular complexity index is 1310. The molecule has 0 unspecified atom stereocenters. The van der Waals surface area contributed by atoms with Crippen molar-refractivity contribution in [2.75, 3.05) is 0 Å². The smallest absolute Gasteiger partial charge is 0.217 e. The molecule has 0 N–H and O–H groups in total. The zero-order chi connectivity index (χ0) is 31.9. The van der Waals surface area contributed by atoms with Gasteiger partial charge in [-0.3, -0.25) is 9.59 Å². The van der Waals surface area contributed by atoms with Crippen LogP contribution < -0.4 is 0 Å². The molecule has 0 amide bonds. The molecule has 0 spiro atoms. The van der Waals surface area contributed by atoms with Crippen LogP contribution in [0.3, 0.4) is 0 Å². The van der Waals surface area contributed by atoms with E-state index in [1.807, 2.05) is 32.9 Å². The summed E-state index contributed by atoms with van der Waals surface area (Å²) in [6.07, 6.45) is 11.4. The fourth-order valence-electron chi connectivity index (χ4n) is 7.90. The van der Waals surface area contributed by atoms with E-state index in [9.17, 15) is 14.9 Å². The molecule has 6 nitrogen and oxygen atoms in total. The molecule has 1 aromatic heterocycles. The van der Waals surface area contributed by atoms with Gasteiger partial charge < -0.3 is 4.42 Å². The quantitative estimate of drug-likeness (QED) is 0.244. The molecule has 1 heterocycles. The zero-order valence-electron chi connectivity index (χ0n) is 28.5. The van der Waals surface area contributed by atoms with Gasteiger partial charge in [-0.1, -0.05) is 87.3 Å². The molecule has 6 heteroatoms. The monoisotopic (exact) mass is 577 g/mol. The van der Waals surface area contributed by atoms with Crippen molar-refractivity contribution in [1.82, 2.24) is 10.2 Å². The van der Waals surface area contributed by atoms with Gasteiger partial charge in [0.15, 0.2) is 11.6 Å². The van der Waals surface area contributed by atoms with Crippen LogP contribution >= 0.6 is 0 Å². The van der Waals surface area contributed by atoms with Gasteiger partial charge in [-0.15, -0.1) is 10.2 Å². The summed E-state index contributed by atoms with van der Waals surface area (Å²) >= 11 is 0. The topological polar surface area (TPSA) is 96.8 Å². The van der Waals surface area contributed by atoms with Gasteiger partial charge in [0.2, 0.25) is 11.8 Å². The Balaban J connectivity index is 2.03. The third kappa shape index (κ3) is 6.36. The van der Waals surface area contributed by atoms with Crippen LogP contribution in [-0.4, -0.2) is 21.8 Å². The van der Waals surface area contributed by atoms with Gasteiger partial charge in [-0.25, -0.2) is 0 Å². The first kappa shape index (κ1) is 33.9. The van der Waals surface area contributed by atoms with E-state index >= 15 is 0 Å². The lowest BCUT2D eigenvalue weighted by Crippen LogP contribution is -2.55. The normalized spacial score (nSPS) is 28.5. The van der Waals surface area contributed by atoms with Crippen molar-refractivity contribution in [3.8, 4) is 6.07 Å². The minimum atomic E-state index is -0.678. The SMILES string of the molecule is CCC(C)(C)CC[C@@](C)(CCC(C)(C)[C@]1(C)CC[C@H]2C(C)(C)C(=O)C(C#N)=C[C@]2(C)/C1=C/C(C)=O)Cc1nnc(C)o1. The van der Waals surface area contributed by atoms with Crippen LogP contribution in [0.15, 0.2) is 27.7 Å². The van der Waals surface area contributed by atoms with Crippen LogP contribution in [-0.2, 0) is 16.0 Å². The molecule has 1 saturated carbocycles. The predicted molar refractivity (Wildman–Crippen MR) is 167 cm³/mol. The highest BCUT2D eigenvalue weighted by Crippen LogP contribution is 2.67. The lowest BCUT2D eigenvalue weighted by molar-refractivity contribution is -0.131. The molecule has 0 radical (unpaired) electrons. The van der Waals surface area contributed by atoms with Crippen molar-refractivity contribution in [2.45, 2.75) is 134 Å². The number of fused-ring (bicyclic) bond motifs is 1. The number of ketones is 2. The molecule has 2 aliphatic rings. The van der Waals surface area contributed by atoms with Crippen molar-refractivity contribution in [2.24, 2.45) is 38.4 Å². The van der Waals surface area contributed by atoms with E-state index in [0.29, 0.717) is 11.8 Å². The summed E-state index contributed by atoms with van der Waals surface area (Å²) in [5.41, 5.74) is -0.194. The van der Waals surface area contributed by atoms with Crippen LogP contribution in [0.2, 0.25) is 0 Å². The van der Waals surface area contributed by atoms with Crippen LogP contribution in [0.4, 0.5) is 0 Å². The maximum Gasteiger partial charge on any atom is 0.217 e. The van der Waals surface area contributed by atoms with Crippen LogP contribution in [0.25, 0.3) is 0 Å². The molecular weight excluding hydrogens is 522 g/mol. The van der Waals surface area contributed by atoms with Gasteiger partial charge in [0.1, 0.15) is 6.07 Å². The van der Waals surface area contributed by atoms with Crippen molar-refractivity contribution >= 4 is 11.6 Å². The van der Waals surface area contributed by atoms with E-state index < -0.39 is 10.8 Å². The molecular formula is C36H55N3O3. The first-order chi connectivity index (χ1) is 19.2. The molecule has 1 fully saturated rings. The van der Waals surface area contributed by atoms with Gasteiger partial charge >= 0.3 is 0 Å². The van der Waals surface area contributed by atoms with E-state index in [4.69, 9.17) is 4.42 Å². The Kier molecular flexibility index (Phi) is 9.30. The highest BCUT2D eigenvalue weighted by atomic mass is 16.4. The molecule has 3 rings (SSSR count). The molecule has 232 valence electrons. The van der Waals surface area contributed by atoms with E-state index in [1.54, 1.807) is 6.92 Å². The summed E-state index contributed by atoms with van der Waals surface area (Å²) in [5.74, 6) is 1.23. The summed E-state index contributed by atoms with van der Waals surface area (Å²) in [7, 11) is 0. The Morgan fingerprint density at radius 3 is 2.24 bits per heavy atom. The van der Waals surface area contributed by atoms with Crippen LogP contribution in [0, 0.1) is 56.7 Å². The Morgan fingerprint density at radius 1 is 1.10 bits per heavy atom. The molecule has 0 aromatic carbocycles. The molecule has 42 heavy (non-hydrogen) atoms. The molecule has 0 aliphatic heterocycles. The first-order valence-corrected chi connectivity index (χ1v) is 15.9. The molecule has 1 aromatic rings. The third-order valence-corrected chi connectivity index (χ3v) is 11.8. The van der Waals surface area contributed by atoms with Gasteiger partial charge in [0.25, 0.3) is 0 Å². The van der Waals surface area contributed by atoms with Crippen molar-refractivity contribution in [3.63, 3.8) is 0 Å². The zero-order valence-corrected chi connectivity index (χ0v) is 28.5. The first-order valence-electron chi connectivity index (χ1n) is 15.9. The Labute approximate surface area is 254 Å². The lowest BCUT2D eigenvalue weighted by atomic mass is 9.42. The predicted octanol–water partition coefficient (Wildman–Crippen LogP) is 8.95. The number of nitrogens with zero attached hydrogens (tertiary/aromatic N) is 3. The van der Waals surface area contributed by atoms with Gasteiger partial charge in [-0.2, -0.15) is 5.26 Å². The summed E-state index contributed by atoms with van der Waals surface area (Å²) < 4.78 is 5.86. The standard InChI is InChI=1S/C36H55N3O3/c1-13-31(4,5)16-18-34(10,22-29-39-38-25(3)42-29)19-17-32(6,7)36(12)15-14-27-33(8,9)30(41)26(23-37)21-35(27,11)28(36)20-24(2)40/h20-21,27H,13-19,22H2,1-12H3/b28-20-/t27-,34-,35-,36+/m0/s1. The van der Waals surface area contributed by atoms with Gasteiger partial charge in [0.05, 0.1) is 5.57 Å². The number of aryl methyl sites for hydroxylation is 1. The average molecular weight is 578 g/mol. The number of carbonyl (C=O) groups is 2. The number of hydrogen-bond donors (Lipinski definition) is 0. The summed E-state index contributed by atoms with van der Waals surface area (Å²) in [5, 5.41) is 18.4. The second-order valence-corrected chi connectivity index (χ2v) is 16.2. The van der Waals surface area contributed by atoms with Crippen LogP contribution in [0.5, 0.6) is 0 Å². The largest absolute Gasteiger partial charge is 0.426 e. The minimum absolute atomic E-state index is 0.00825. The van der Waals surface area contributed by atoms with Crippen molar-refractivity contribution in [1.29, 1.82) is 5.26 Å². The van der Waals surface area contributed by atoms with E-state index in [0.717, 1.165) is 56.9 Å². The second-order valence-electron chi connectivity index (χ2n) is 16.2. The Hall–Kier alpha value is -2.55. The number of hydrogen-bond acceptors (Lipinski definition) is 6. The Morgan fingerprint density at radius 2 is 1.71 bits per heavy atom. The molecule has 0 bridgehead atoms. The fourth-order valence-corrected chi connectivity index (χ4v) is 7.90. The van der Waals surface area contributed by atoms with E-state index in [1.165, 1.54) is 0 Å². The van der Waals surface area contributed by atoms with Crippen molar-refractivity contribution < 1.29 is 14.0 Å². The fraction of sp³-hybridized carbons (Fsp3) is 0.750. The summed E-state index contributed by atoms with van der Waals surface area (Å²) in [4.78, 5) is 26.1. The van der Waals surface area contributed by atoms with Crippen molar-refractivity contribution in [3.05, 3.63) is 35.1 Å². The molecule has 4 atom stereocenters. The number of nitriles is 1. The summed E-state index contributed by atoms with van der Waals surface area (Å²) in [6, 6.07) is 2.19. The number of rotatable bonds is 11.